The summed E-state index contributed by atoms with van der Waals surface area (Å²) in [6.07, 6.45) is 2.56. The molecular formula is C13H20ClN3O2S. The second kappa shape index (κ2) is 8.21. The fourth-order valence-electron chi connectivity index (χ4n) is 1.67. The van der Waals surface area contributed by atoms with Crippen LogP contribution in [-0.4, -0.2) is 39.7 Å². The van der Waals surface area contributed by atoms with Crippen LogP contribution >= 0.6 is 11.6 Å². The summed E-state index contributed by atoms with van der Waals surface area (Å²) in [5.41, 5.74) is 0.442. The van der Waals surface area contributed by atoms with Gasteiger partial charge in [0.05, 0.1) is 0 Å². The second-order valence-electron chi connectivity index (χ2n) is 4.60. The second-order valence-corrected chi connectivity index (χ2v) is 6.47. The lowest BCUT2D eigenvalue weighted by atomic mass is 10.2. The van der Waals surface area contributed by atoms with E-state index in [-0.39, 0.29) is 17.1 Å². The van der Waals surface area contributed by atoms with Crippen LogP contribution in [0.3, 0.4) is 0 Å². The first-order valence-electron chi connectivity index (χ1n) is 6.44. The molecule has 1 amide bonds. The molecule has 2 atom stereocenters. The van der Waals surface area contributed by atoms with Gasteiger partial charge < -0.3 is 10.6 Å². The molecule has 2 N–H and O–H groups in total. The molecule has 0 saturated carbocycles. The van der Waals surface area contributed by atoms with Crippen LogP contribution in [-0.2, 0) is 10.8 Å². The maximum atomic E-state index is 12.1. The highest BCUT2D eigenvalue weighted by atomic mass is 35.5. The van der Waals surface area contributed by atoms with Gasteiger partial charge >= 0.3 is 0 Å². The van der Waals surface area contributed by atoms with Gasteiger partial charge in [-0.3, -0.25) is 9.00 Å². The Kier molecular flexibility index (Phi) is 6.95. The molecule has 0 aliphatic carbocycles. The summed E-state index contributed by atoms with van der Waals surface area (Å²) < 4.78 is 11.1. The van der Waals surface area contributed by atoms with Crippen LogP contribution in [0.4, 0.5) is 5.82 Å². The predicted octanol–water partition coefficient (Wildman–Crippen LogP) is 2.05. The van der Waals surface area contributed by atoms with E-state index in [0.717, 1.165) is 13.0 Å². The lowest BCUT2D eigenvalue weighted by Gasteiger charge is -2.13. The Morgan fingerprint density at radius 3 is 2.80 bits per heavy atom. The van der Waals surface area contributed by atoms with Crippen molar-refractivity contribution in [3.05, 3.63) is 22.8 Å². The van der Waals surface area contributed by atoms with Crippen molar-refractivity contribution in [3.63, 3.8) is 0 Å². The van der Waals surface area contributed by atoms with Crippen LogP contribution in [0.5, 0.6) is 0 Å². The number of anilines is 1. The molecule has 0 aromatic carbocycles. The zero-order chi connectivity index (χ0) is 15.1. The van der Waals surface area contributed by atoms with Gasteiger partial charge in [-0.15, -0.1) is 0 Å². The number of nitrogens with zero attached hydrogens (tertiary/aromatic N) is 1. The monoisotopic (exact) mass is 317 g/mol. The van der Waals surface area contributed by atoms with E-state index in [4.69, 9.17) is 11.6 Å². The average Bonchev–Trinajstić information content (AvgIpc) is 2.34. The lowest BCUT2D eigenvalue weighted by Crippen LogP contribution is -2.36. The molecule has 7 heteroatoms. The third kappa shape index (κ3) is 5.88. The van der Waals surface area contributed by atoms with Crippen LogP contribution in [0.15, 0.2) is 12.1 Å². The van der Waals surface area contributed by atoms with E-state index in [1.165, 1.54) is 6.07 Å². The Morgan fingerprint density at radius 2 is 2.20 bits per heavy atom. The van der Waals surface area contributed by atoms with Crippen molar-refractivity contribution in [2.45, 2.75) is 26.3 Å². The van der Waals surface area contributed by atoms with Gasteiger partial charge in [0.2, 0.25) is 0 Å². The minimum atomic E-state index is -0.947. The molecule has 1 aromatic heterocycles. The molecule has 1 heterocycles. The number of carbonyl (C=O) groups excluding carboxylic acids is 1. The normalized spacial score (nSPS) is 13.6. The predicted molar refractivity (Wildman–Crippen MR) is 83.9 cm³/mol. The van der Waals surface area contributed by atoms with E-state index in [0.29, 0.717) is 17.1 Å². The average molecular weight is 318 g/mol. The van der Waals surface area contributed by atoms with Gasteiger partial charge in [0.15, 0.2) is 0 Å². The van der Waals surface area contributed by atoms with Crippen molar-refractivity contribution in [1.82, 2.24) is 10.3 Å². The number of hydrogen-bond donors (Lipinski definition) is 2. The highest BCUT2D eigenvalue weighted by molar-refractivity contribution is 7.84. The van der Waals surface area contributed by atoms with Gasteiger partial charge in [-0.05, 0) is 25.5 Å². The first kappa shape index (κ1) is 16.9. The Labute approximate surface area is 127 Å². The van der Waals surface area contributed by atoms with Gasteiger partial charge in [0, 0.05) is 41.0 Å². The van der Waals surface area contributed by atoms with Crippen molar-refractivity contribution in [1.29, 1.82) is 0 Å². The molecule has 5 nitrogen and oxygen atoms in total. The molecule has 0 spiro atoms. The van der Waals surface area contributed by atoms with Crippen LogP contribution < -0.4 is 10.6 Å². The number of carbonyl (C=O) groups is 1. The van der Waals surface area contributed by atoms with Crippen molar-refractivity contribution < 1.29 is 9.00 Å². The Hall–Kier alpha value is -1.14. The number of amides is 1. The number of rotatable bonds is 7. The van der Waals surface area contributed by atoms with Crippen LogP contribution in [0, 0.1) is 0 Å². The van der Waals surface area contributed by atoms with Gasteiger partial charge in [0.25, 0.3) is 5.91 Å². The molecule has 2 unspecified atom stereocenters. The number of nitrogens with one attached hydrogen (secondary N) is 2. The largest absolute Gasteiger partial charge is 0.370 e. The number of aromatic nitrogens is 1. The standard InChI is InChI=1S/C13H20ClN3O2S/c1-4-5-15-12-7-10(6-11(14)17-12)13(18)16-9(2)8-20(3)19/h6-7,9H,4-5,8H2,1-3H3,(H,15,17)(H,16,18). The maximum Gasteiger partial charge on any atom is 0.251 e. The number of pyridine rings is 1. The lowest BCUT2D eigenvalue weighted by molar-refractivity contribution is 0.0943. The van der Waals surface area contributed by atoms with Gasteiger partial charge in [-0.25, -0.2) is 4.98 Å². The highest BCUT2D eigenvalue weighted by Gasteiger charge is 2.13. The van der Waals surface area contributed by atoms with E-state index >= 15 is 0 Å². The first-order chi connectivity index (χ1) is 9.42. The number of hydrogen-bond acceptors (Lipinski definition) is 4. The Balaban J connectivity index is 2.76. The SMILES string of the molecule is CCCNc1cc(C(=O)NC(C)CS(C)=O)cc(Cl)n1. The van der Waals surface area contributed by atoms with Crippen LogP contribution in [0.2, 0.25) is 5.15 Å². The smallest absolute Gasteiger partial charge is 0.251 e. The van der Waals surface area contributed by atoms with Gasteiger partial charge in [-0.2, -0.15) is 0 Å². The van der Waals surface area contributed by atoms with Crippen molar-refractivity contribution in [3.8, 4) is 0 Å². The van der Waals surface area contributed by atoms with E-state index in [1.54, 1.807) is 12.3 Å². The first-order valence-corrected chi connectivity index (χ1v) is 8.55. The third-order valence-electron chi connectivity index (χ3n) is 2.47. The fourth-order valence-corrected chi connectivity index (χ4v) is 2.67. The molecule has 0 bridgehead atoms. The zero-order valence-corrected chi connectivity index (χ0v) is 13.5. The molecule has 112 valence electrons. The summed E-state index contributed by atoms with van der Waals surface area (Å²) in [4.78, 5) is 16.2. The van der Waals surface area contributed by atoms with E-state index < -0.39 is 10.8 Å². The molecule has 1 rings (SSSR count). The molecule has 0 saturated heterocycles. The quantitative estimate of drug-likeness (QED) is 0.755. The molecule has 0 fully saturated rings. The van der Waals surface area contributed by atoms with E-state index in [1.807, 2.05) is 13.8 Å². The molecule has 0 aliphatic heterocycles. The van der Waals surface area contributed by atoms with E-state index in [2.05, 4.69) is 15.6 Å². The molecule has 1 aromatic rings. The summed E-state index contributed by atoms with van der Waals surface area (Å²) >= 11 is 5.91. The summed E-state index contributed by atoms with van der Waals surface area (Å²) in [6, 6.07) is 3.02. The van der Waals surface area contributed by atoms with Crippen LogP contribution in [0.25, 0.3) is 0 Å². The minimum Gasteiger partial charge on any atom is -0.370 e. The van der Waals surface area contributed by atoms with E-state index in [9.17, 15) is 9.00 Å². The molecule has 20 heavy (non-hydrogen) atoms. The summed E-state index contributed by atoms with van der Waals surface area (Å²) in [5, 5.41) is 6.15. The molecular weight excluding hydrogens is 298 g/mol. The highest BCUT2D eigenvalue weighted by Crippen LogP contribution is 2.14. The Morgan fingerprint density at radius 1 is 1.50 bits per heavy atom. The Bertz CT molecular complexity index is 497. The topological polar surface area (TPSA) is 71.1 Å². The number of halogens is 1. The molecule has 0 radical (unpaired) electrons. The summed E-state index contributed by atoms with van der Waals surface area (Å²) in [7, 11) is -0.947. The summed E-state index contributed by atoms with van der Waals surface area (Å²) in [5.74, 6) is 0.758. The fraction of sp³-hybridized carbons (Fsp3) is 0.538. The van der Waals surface area contributed by atoms with Gasteiger partial charge in [0.1, 0.15) is 11.0 Å². The third-order valence-corrected chi connectivity index (χ3v) is 3.64. The van der Waals surface area contributed by atoms with Crippen molar-refractivity contribution in [2.75, 3.05) is 23.9 Å². The van der Waals surface area contributed by atoms with Crippen molar-refractivity contribution in [2.24, 2.45) is 0 Å². The van der Waals surface area contributed by atoms with Crippen molar-refractivity contribution >= 4 is 34.1 Å². The van der Waals surface area contributed by atoms with Crippen LogP contribution in [0.1, 0.15) is 30.6 Å². The van der Waals surface area contributed by atoms with Gasteiger partial charge in [-0.1, -0.05) is 18.5 Å². The summed E-state index contributed by atoms with van der Waals surface area (Å²) in [6.45, 7) is 4.62. The zero-order valence-electron chi connectivity index (χ0n) is 11.9. The maximum absolute atomic E-state index is 12.1. The minimum absolute atomic E-state index is 0.160. The molecule has 0 aliphatic rings.